The summed E-state index contributed by atoms with van der Waals surface area (Å²) >= 11 is 0. The average molecular weight is 292 g/mol. The Bertz CT molecular complexity index is 439. The second-order valence-corrected chi connectivity index (χ2v) is 5.74. The summed E-state index contributed by atoms with van der Waals surface area (Å²) in [6.07, 6.45) is 2.16. The topological polar surface area (TPSA) is 50.3 Å². The van der Waals surface area contributed by atoms with E-state index in [0.717, 1.165) is 56.4 Å². The molecule has 1 fully saturated rings. The number of ether oxygens (including phenoxy) is 1. The summed E-state index contributed by atoms with van der Waals surface area (Å²) in [5.74, 6) is 0.846. The molecular weight excluding hydrogens is 264 g/mol. The van der Waals surface area contributed by atoms with Gasteiger partial charge in [-0.25, -0.2) is 9.97 Å². The molecule has 0 saturated carbocycles. The molecule has 2 heterocycles. The monoisotopic (exact) mass is 292 g/mol. The molecule has 1 aliphatic heterocycles. The molecule has 5 heteroatoms. The molecule has 1 aliphatic rings. The molecule has 5 nitrogen and oxygen atoms in total. The van der Waals surface area contributed by atoms with Gasteiger partial charge in [-0.3, -0.25) is 4.90 Å². The van der Waals surface area contributed by atoms with E-state index in [4.69, 9.17) is 14.7 Å². The molecule has 0 aliphatic carbocycles. The van der Waals surface area contributed by atoms with Crippen molar-refractivity contribution in [2.24, 2.45) is 0 Å². The highest BCUT2D eigenvalue weighted by atomic mass is 16.5. The normalized spacial score (nSPS) is 19.9. The molecule has 0 amide bonds. The Morgan fingerprint density at radius 3 is 2.62 bits per heavy atom. The van der Waals surface area contributed by atoms with Crippen LogP contribution in [0.25, 0.3) is 0 Å². The van der Waals surface area contributed by atoms with Crippen molar-refractivity contribution in [1.29, 1.82) is 0 Å². The summed E-state index contributed by atoms with van der Waals surface area (Å²) in [5, 5.41) is 3.18. The SMILES string of the molecule is CCCN1CCOC(c2nc(C)c(CCNC)c(C)n2)C1. The van der Waals surface area contributed by atoms with Gasteiger partial charge < -0.3 is 10.1 Å². The van der Waals surface area contributed by atoms with E-state index < -0.39 is 0 Å². The zero-order valence-electron chi connectivity index (χ0n) is 13.8. The Hall–Kier alpha value is -1.04. The number of nitrogens with one attached hydrogen (secondary N) is 1. The van der Waals surface area contributed by atoms with E-state index in [1.165, 1.54) is 12.0 Å². The lowest BCUT2D eigenvalue weighted by Crippen LogP contribution is -2.39. The highest BCUT2D eigenvalue weighted by molar-refractivity contribution is 5.25. The highest BCUT2D eigenvalue weighted by Crippen LogP contribution is 2.21. The van der Waals surface area contributed by atoms with E-state index in [1.54, 1.807) is 0 Å². The van der Waals surface area contributed by atoms with Gasteiger partial charge in [0.2, 0.25) is 0 Å². The summed E-state index contributed by atoms with van der Waals surface area (Å²) in [6.45, 7) is 11.1. The Morgan fingerprint density at radius 2 is 2.00 bits per heavy atom. The Kier molecular flexibility index (Phi) is 6.08. The van der Waals surface area contributed by atoms with Gasteiger partial charge in [0.25, 0.3) is 0 Å². The number of hydrogen-bond acceptors (Lipinski definition) is 5. The molecule has 2 rings (SSSR count). The lowest BCUT2D eigenvalue weighted by molar-refractivity contribution is -0.0343. The zero-order valence-corrected chi connectivity index (χ0v) is 13.8. The van der Waals surface area contributed by atoms with Crippen molar-refractivity contribution in [2.45, 2.75) is 39.7 Å². The van der Waals surface area contributed by atoms with Crippen molar-refractivity contribution >= 4 is 0 Å². The molecule has 0 aromatic carbocycles. The third kappa shape index (κ3) is 4.22. The molecule has 1 atom stereocenters. The first-order chi connectivity index (χ1) is 10.2. The van der Waals surface area contributed by atoms with Gasteiger partial charge in [0.15, 0.2) is 5.82 Å². The van der Waals surface area contributed by atoms with E-state index in [-0.39, 0.29) is 6.10 Å². The van der Waals surface area contributed by atoms with Crippen LogP contribution in [-0.4, -0.2) is 54.7 Å². The molecule has 21 heavy (non-hydrogen) atoms. The second-order valence-electron chi connectivity index (χ2n) is 5.74. The highest BCUT2D eigenvalue weighted by Gasteiger charge is 2.24. The predicted octanol–water partition coefficient (Wildman–Crippen LogP) is 1.64. The van der Waals surface area contributed by atoms with Crippen LogP contribution in [0.4, 0.5) is 0 Å². The minimum atomic E-state index is 0.0149. The quantitative estimate of drug-likeness (QED) is 0.864. The zero-order chi connectivity index (χ0) is 15.2. The number of aromatic nitrogens is 2. The maximum Gasteiger partial charge on any atom is 0.158 e. The number of rotatable bonds is 6. The minimum absolute atomic E-state index is 0.0149. The van der Waals surface area contributed by atoms with Crippen LogP contribution in [-0.2, 0) is 11.2 Å². The van der Waals surface area contributed by atoms with Crippen molar-refractivity contribution in [3.8, 4) is 0 Å². The fourth-order valence-corrected chi connectivity index (χ4v) is 2.90. The Labute approximate surface area is 128 Å². The predicted molar refractivity (Wildman–Crippen MR) is 84.6 cm³/mol. The molecule has 1 aromatic heterocycles. The summed E-state index contributed by atoms with van der Waals surface area (Å²) in [4.78, 5) is 11.9. The number of hydrogen-bond donors (Lipinski definition) is 1. The van der Waals surface area contributed by atoms with Crippen LogP contribution in [0.2, 0.25) is 0 Å². The van der Waals surface area contributed by atoms with Crippen LogP contribution in [0, 0.1) is 13.8 Å². The standard InChI is InChI=1S/C16H28N4O/c1-5-8-20-9-10-21-15(11-20)16-18-12(2)14(6-7-17-4)13(3)19-16/h15,17H,5-11H2,1-4H3. The van der Waals surface area contributed by atoms with Crippen LogP contribution in [0.5, 0.6) is 0 Å². The van der Waals surface area contributed by atoms with Crippen LogP contribution in [0.1, 0.15) is 42.2 Å². The molecule has 118 valence electrons. The lowest BCUT2D eigenvalue weighted by Gasteiger charge is -2.32. The third-order valence-corrected chi connectivity index (χ3v) is 4.04. The van der Waals surface area contributed by atoms with Crippen molar-refractivity contribution in [3.05, 3.63) is 22.8 Å². The van der Waals surface area contributed by atoms with Crippen LogP contribution >= 0.6 is 0 Å². The molecule has 0 radical (unpaired) electrons. The number of aryl methyl sites for hydroxylation is 2. The number of nitrogens with zero attached hydrogens (tertiary/aromatic N) is 3. The fourth-order valence-electron chi connectivity index (χ4n) is 2.90. The fraction of sp³-hybridized carbons (Fsp3) is 0.750. The summed E-state index contributed by atoms with van der Waals surface area (Å²) < 4.78 is 5.89. The first-order valence-corrected chi connectivity index (χ1v) is 7.98. The molecule has 1 aromatic rings. The average Bonchev–Trinajstić information content (AvgIpc) is 2.47. The summed E-state index contributed by atoms with van der Waals surface area (Å²) in [6, 6.07) is 0. The van der Waals surface area contributed by atoms with E-state index in [2.05, 4.69) is 31.0 Å². The van der Waals surface area contributed by atoms with Gasteiger partial charge >= 0.3 is 0 Å². The number of morpholine rings is 1. The van der Waals surface area contributed by atoms with Gasteiger partial charge in [0, 0.05) is 24.5 Å². The van der Waals surface area contributed by atoms with Gasteiger partial charge in [-0.2, -0.15) is 0 Å². The van der Waals surface area contributed by atoms with Gasteiger partial charge in [-0.1, -0.05) is 6.92 Å². The lowest BCUT2D eigenvalue weighted by atomic mass is 10.1. The van der Waals surface area contributed by atoms with Crippen molar-refractivity contribution in [2.75, 3.05) is 39.8 Å². The van der Waals surface area contributed by atoms with Crippen molar-refractivity contribution in [1.82, 2.24) is 20.2 Å². The largest absolute Gasteiger partial charge is 0.368 e. The summed E-state index contributed by atoms with van der Waals surface area (Å²) in [5.41, 5.74) is 3.43. The van der Waals surface area contributed by atoms with Crippen LogP contribution in [0.15, 0.2) is 0 Å². The van der Waals surface area contributed by atoms with Gasteiger partial charge in [0.05, 0.1) is 6.61 Å². The van der Waals surface area contributed by atoms with Crippen LogP contribution in [0.3, 0.4) is 0 Å². The maximum atomic E-state index is 5.89. The van der Waals surface area contributed by atoms with Gasteiger partial charge in [-0.05, 0) is 52.4 Å². The Morgan fingerprint density at radius 1 is 1.29 bits per heavy atom. The molecule has 1 unspecified atom stereocenters. The van der Waals surface area contributed by atoms with Crippen molar-refractivity contribution < 1.29 is 4.74 Å². The smallest absolute Gasteiger partial charge is 0.158 e. The maximum absolute atomic E-state index is 5.89. The Balaban J connectivity index is 2.13. The molecule has 1 saturated heterocycles. The van der Waals surface area contributed by atoms with Crippen LogP contribution < -0.4 is 5.32 Å². The van der Waals surface area contributed by atoms with E-state index in [0.29, 0.717) is 0 Å². The van der Waals surface area contributed by atoms with E-state index in [9.17, 15) is 0 Å². The minimum Gasteiger partial charge on any atom is -0.368 e. The van der Waals surface area contributed by atoms with E-state index >= 15 is 0 Å². The molecular formula is C16H28N4O. The number of likely N-dealkylation sites (N-methyl/N-ethyl adjacent to an activating group) is 1. The first-order valence-electron chi connectivity index (χ1n) is 7.98. The summed E-state index contributed by atoms with van der Waals surface area (Å²) in [7, 11) is 1.97. The molecule has 0 bridgehead atoms. The van der Waals surface area contributed by atoms with Gasteiger partial charge in [0.1, 0.15) is 6.10 Å². The first kappa shape index (κ1) is 16.3. The van der Waals surface area contributed by atoms with Crippen molar-refractivity contribution in [3.63, 3.8) is 0 Å². The molecule has 1 N–H and O–H groups in total. The second kappa shape index (κ2) is 7.82. The van der Waals surface area contributed by atoms with E-state index in [1.807, 2.05) is 7.05 Å². The molecule has 0 spiro atoms. The van der Waals surface area contributed by atoms with Gasteiger partial charge in [-0.15, -0.1) is 0 Å². The third-order valence-electron chi connectivity index (χ3n) is 4.04.